The molecule has 0 spiro atoms. The van der Waals surface area contributed by atoms with Crippen molar-refractivity contribution in [3.8, 4) is 28.4 Å². The number of carbonyl (C=O) groups is 2. The number of methoxy groups -OCH3 is 3. The van der Waals surface area contributed by atoms with Crippen LogP contribution in [0.3, 0.4) is 0 Å². The zero-order valence-electron chi connectivity index (χ0n) is 19.5. The summed E-state index contributed by atoms with van der Waals surface area (Å²) in [4.78, 5) is 28.2. The quantitative estimate of drug-likeness (QED) is 0.353. The summed E-state index contributed by atoms with van der Waals surface area (Å²) in [7, 11) is 4.72. The lowest BCUT2D eigenvalue weighted by atomic mass is 10.0. The molecular formula is C26H24N2O6S. The second-order valence-electron chi connectivity index (χ2n) is 7.66. The molecule has 1 heterocycles. The number of amides is 1. The number of carboxylic acids is 1. The number of nitrogens with one attached hydrogen (secondary N) is 1. The molecule has 4 aromatic rings. The van der Waals surface area contributed by atoms with Crippen LogP contribution in [0, 0.1) is 0 Å². The van der Waals surface area contributed by atoms with E-state index >= 15 is 0 Å². The second-order valence-corrected chi connectivity index (χ2v) is 8.78. The van der Waals surface area contributed by atoms with Gasteiger partial charge in [0.15, 0.2) is 11.5 Å². The highest BCUT2D eigenvalue weighted by atomic mass is 32.1. The van der Waals surface area contributed by atoms with Crippen molar-refractivity contribution in [1.29, 1.82) is 0 Å². The van der Waals surface area contributed by atoms with Crippen molar-refractivity contribution in [2.75, 3.05) is 21.3 Å². The highest BCUT2D eigenvalue weighted by Gasteiger charge is 2.15. The zero-order valence-corrected chi connectivity index (χ0v) is 20.3. The number of fused-ring (bicyclic) bond motifs is 1. The van der Waals surface area contributed by atoms with Crippen molar-refractivity contribution in [1.82, 2.24) is 10.3 Å². The Morgan fingerprint density at radius 1 is 0.943 bits per heavy atom. The minimum Gasteiger partial charge on any atom is -0.493 e. The predicted molar refractivity (Wildman–Crippen MR) is 134 cm³/mol. The number of thiazole rings is 1. The molecule has 0 bridgehead atoms. The van der Waals surface area contributed by atoms with Crippen LogP contribution in [0.2, 0.25) is 0 Å². The van der Waals surface area contributed by atoms with E-state index in [0.29, 0.717) is 22.3 Å². The molecule has 3 aromatic carbocycles. The van der Waals surface area contributed by atoms with Gasteiger partial charge in [-0.25, -0.2) is 9.78 Å². The van der Waals surface area contributed by atoms with Crippen LogP contribution in [0.5, 0.6) is 17.2 Å². The average molecular weight is 493 g/mol. The summed E-state index contributed by atoms with van der Waals surface area (Å²) >= 11 is 1.45. The molecule has 180 valence electrons. The summed E-state index contributed by atoms with van der Waals surface area (Å²) in [6.07, 6.45) is 0.136. The number of aromatic nitrogens is 1. The Hall–Kier alpha value is -4.11. The normalized spacial score (nSPS) is 10.7. The van der Waals surface area contributed by atoms with Crippen molar-refractivity contribution < 1.29 is 28.9 Å². The van der Waals surface area contributed by atoms with Crippen molar-refractivity contribution >= 4 is 33.4 Å². The van der Waals surface area contributed by atoms with Crippen LogP contribution in [0.4, 0.5) is 0 Å². The molecule has 0 saturated heterocycles. The first-order valence-electron chi connectivity index (χ1n) is 10.7. The molecule has 1 amide bonds. The van der Waals surface area contributed by atoms with Crippen LogP contribution < -0.4 is 19.5 Å². The summed E-state index contributed by atoms with van der Waals surface area (Å²) in [5.41, 5.74) is 3.57. The number of nitrogens with zero attached hydrogens (tertiary/aromatic N) is 1. The SMILES string of the molecule is COc1cc(-c2ccc3nc(CC(=O)NCc4cccc(C(=O)O)c4)sc3c2)cc(OC)c1OC. The van der Waals surface area contributed by atoms with E-state index in [1.807, 2.05) is 30.3 Å². The summed E-state index contributed by atoms with van der Waals surface area (Å²) in [5, 5.41) is 12.6. The van der Waals surface area contributed by atoms with Gasteiger partial charge in [-0.15, -0.1) is 11.3 Å². The molecule has 0 aliphatic carbocycles. The molecule has 0 radical (unpaired) electrons. The fourth-order valence-electron chi connectivity index (χ4n) is 3.69. The van der Waals surface area contributed by atoms with Crippen molar-refractivity contribution in [3.63, 3.8) is 0 Å². The lowest BCUT2D eigenvalue weighted by Gasteiger charge is -2.14. The third-order valence-electron chi connectivity index (χ3n) is 5.41. The second kappa shape index (κ2) is 10.4. The third kappa shape index (κ3) is 5.36. The van der Waals surface area contributed by atoms with Gasteiger partial charge in [0.05, 0.1) is 43.5 Å². The maximum atomic E-state index is 12.5. The summed E-state index contributed by atoms with van der Waals surface area (Å²) in [6.45, 7) is 0.246. The molecule has 2 N–H and O–H groups in total. The number of carboxylic acid groups (broad SMARTS) is 1. The fraction of sp³-hybridized carbons (Fsp3) is 0.192. The first-order chi connectivity index (χ1) is 16.9. The van der Waals surface area contributed by atoms with Crippen LogP contribution in [0.15, 0.2) is 54.6 Å². The maximum absolute atomic E-state index is 12.5. The average Bonchev–Trinajstić information content (AvgIpc) is 3.27. The molecule has 9 heteroatoms. The Labute approximate surface area is 206 Å². The zero-order chi connectivity index (χ0) is 24.9. The number of hydrogen-bond donors (Lipinski definition) is 2. The van der Waals surface area contributed by atoms with E-state index in [2.05, 4.69) is 10.3 Å². The molecule has 0 aliphatic heterocycles. The van der Waals surface area contributed by atoms with E-state index in [4.69, 9.17) is 19.3 Å². The minimum atomic E-state index is -1.00. The van der Waals surface area contributed by atoms with Gasteiger partial charge in [0.2, 0.25) is 11.7 Å². The monoisotopic (exact) mass is 492 g/mol. The molecule has 0 unspecified atom stereocenters. The van der Waals surface area contributed by atoms with Gasteiger partial charge in [-0.2, -0.15) is 0 Å². The van der Waals surface area contributed by atoms with Crippen LogP contribution in [0.1, 0.15) is 20.9 Å². The molecule has 35 heavy (non-hydrogen) atoms. The lowest BCUT2D eigenvalue weighted by molar-refractivity contribution is -0.120. The Kier molecular flexibility index (Phi) is 7.17. The van der Waals surface area contributed by atoms with E-state index in [9.17, 15) is 9.59 Å². The van der Waals surface area contributed by atoms with Crippen molar-refractivity contribution in [2.24, 2.45) is 0 Å². The summed E-state index contributed by atoms with van der Waals surface area (Å²) < 4.78 is 17.3. The number of ether oxygens (including phenoxy) is 3. The number of carbonyl (C=O) groups excluding carboxylic acids is 1. The standard InChI is InChI=1S/C26H24N2O6S/c1-32-20-10-18(11-21(33-2)25(20)34-3)16-7-8-19-22(12-16)35-24(28-19)13-23(29)27-14-15-5-4-6-17(9-15)26(30)31/h4-12H,13-14H2,1-3H3,(H,27,29)(H,30,31). The van der Waals surface area contributed by atoms with Gasteiger partial charge in [0.1, 0.15) is 5.01 Å². The third-order valence-corrected chi connectivity index (χ3v) is 6.42. The maximum Gasteiger partial charge on any atom is 0.335 e. The molecule has 0 fully saturated rings. The Morgan fingerprint density at radius 2 is 1.69 bits per heavy atom. The minimum absolute atomic E-state index is 0.136. The van der Waals surface area contributed by atoms with Gasteiger partial charge >= 0.3 is 5.97 Å². The first kappa shape index (κ1) is 24.0. The Morgan fingerprint density at radius 3 is 2.34 bits per heavy atom. The van der Waals surface area contributed by atoms with E-state index in [-0.39, 0.29) is 24.4 Å². The highest BCUT2D eigenvalue weighted by molar-refractivity contribution is 7.18. The van der Waals surface area contributed by atoms with E-state index in [1.165, 1.54) is 17.4 Å². The lowest BCUT2D eigenvalue weighted by Crippen LogP contribution is -2.24. The Balaban J connectivity index is 1.50. The van der Waals surface area contributed by atoms with Gasteiger partial charge in [-0.3, -0.25) is 4.79 Å². The van der Waals surface area contributed by atoms with Gasteiger partial charge < -0.3 is 24.6 Å². The molecular weight excluding hydrogens is 468 g/mol. The topological polar surface area (TPSA) is 107 Å². The van der Waals surface area contributed by atoms with Gasteiger partial charge in [0.25, 0.3) is 0 Å². The molecule has 1 aromatic heterocycles. The highest BCUT2D eigenvalue weighted by Crippen LogP contribution is 2.41. The first-order valence-corrected chi connectivity index (χ1v) is 11.5. The summed E-state index contributed by atoms with van der Waals surface area (Å²) in [5.74, 6) is 0.476. The van der Waals surface area contributed by atoms with Gasteiger partial charge in [-0.05, 0) is 53.1 Å². The van der Waals surface area contributed by atoms with Crippen LogP contribution in [-0.2, 0) is 17.8 Å². The van der Waals surface area contributed by atoms with Crippen molar-refractivity contribution in [2.45, 2.75) is 13.0 Å². The fourth-order valence-corrected chi connectivity index (χ4v) is 4.70. The van der Waals surface area contributed by atoms with E-state index in [1.54, 1.807) is 39.5 Å². The number of benzene rings is 3. The van der Waals surface area contributed by atoms with E-state index in [0.717, 1.165) is 26.9 Å². The van der Waals surface area contributed by atoms with Crippen LogP contribution in [-0.4, -0.2) is 43.3 Å². The molecule has 4 rings (SSSR count). The van der Waals surface area contributed by atoms with E-state index < -0.39 is 5.97 Å². The van der Waals surface area contributed by atoms with Gasteiger partial charge in [0, 0.05) is 6.54 Å². The Bertz CT molecular complexity index is 1370. The molecule has 0 aliphatic rings. The molecule has 8 nitrogen and oxygen atoms in total. The van der Waals surface area contributed by atoms with Crippen molar-refractivity contribution in [3.05, 3.63) is 70.7 Å². The largest absolute Gasteiger partial charge is 0.493 e. The smallest absolute Gasteiger partial charge is 0.335 e. The van der Waals surface area contributed by atoms with Gasteiger partial charge in [-0.1, -0.05) is 18.2 Å². The summed E-state index contributed by atoms with van der Waals surface area (Å²) in [6, 6.07) is 16.2. The predicted octanol–water partition coefficient (Wildman–Crippen LogP) is 4.55. The molecule has 0 saturated carbocycles. The number of rotatable bonds is 9. The van der Waals surface area contributed by atoms with Crippen LogP contribution >= 0.6 is 11.3 Å². The number of hydrogen-bond acceptors (Lipinski definition) is 7. The molecule has 0 atom stereocenters. The number of aromatic carboxylic acids is 1. The van der Waals surface area contributed by atoms with Crippen LogP contribution in [0.25, 0.3) is 21.3 Å².